The number of fused-ring (bicyclic) bond motifs is 2. The van der Waals surface area contributed by atoms with Crippen molar-refractivity contribution in [3.05, 3.63) is 52.2 Å². The minimum absolute atomic E-state index is 0.0417. The van der Waals surface area contributed by atoms with Crippen LogP contribution < -0.4 is 25.1 Å². The molecule has 1 amide bonds. The molecule has 4 heterocycles. The summed E-state index contributed by atoms with van der Waals surface area (Å²) in [5, 5.41) is 2.88. The molecule has 1 saturated heterocycles. The van der Waals surface area contributed by atoms with Gasteiger partial charge >= 0.3 is 6.09 Å². The number of aromatic nitrogens is 3. The standard InChI is InChI=1S/C29H37N5O6/c1-29(2,3)33-28(36)40-21-7-9-34(19(15-21)13-18-14-25-26(17-30-18)39-12-11-38-25)10-8-23-27(35)32-24-16-20(37-4)5-6-22(24)31-23/h5-6,14,16-17,19,21H,7-13,15H2,1-4H3,(H,32,35)(H,33,36). The van der Waals surface area contributed by atoms with Gasteiger partial charge in [-0.05, 0) is 39.3 Å². The quantitative estimate of drug-likeness (QED) is 0.455. The zero-order valence-electron chi connectivity index (χ0n) is 23.5. The van der Waals surface area contributed by atoms with Gasteiger partial charge in [-0.3, -0.25) is 14.7 Å². The summed E-state index contributed by atoms with van der Waals surface area (Å²) in [5.74, 6) is 2.00. The number of nitrogens with zero attached hydrogens (tertiary/aromatic N) is 3. The van der Waals surface area contributed by atoms with Crippen molar-refractivity contribution in [1.82, 2.24) is 25.2 Å². The molecule has 3 aromatic rings. The molecule has 2 N–H and O–H groups in total. The fraction of sp³-hybridized carbons (Fsp3) is 0.517. The molecule has 1 fully saturated rings. The summed E-state index contributed by atoms with van der Waals surface area (Å²) in [6.45, 7) is 8.13. The minimum Gasteiger partial charge on any atom is -0.497 e. The Morgan fingerprint density at radius 1 is 1.20 bits per heavy atom. The molecule has 40 heavy (non-hydrogen) atoms. The number of ether oxygens (including phenoxy) is 4. The van der Waals surface area contributed by atoms with Crippen LogP contribution in [0.2, 0.25) is 0 Å². The van der Waals surface area contributed by atoms with Crippen LogP contribution in [-0.2, 0) is 17.6 Å². The number of alkyl carbamates (subject to hydrolysis) is 1. The number of aromatic amines is 1. The van der Waals surface area contributed by atoms with Crippen molar-refractivity contribution in [3.8, 4) is 17.2 Å². The van der Waals surface area contributed by atoms with Gasteiger partial charge in [0.15, 0.2) is 11.5 Å². The third kappa shape index (κ3) is 6.82. The van der Waals surface area contributed by atoms with Gasteiger partial charge < -0.3 is 29.2 Å². The first-order valence-corrected chi connectivity index (χ1v) is 13.7. The van der Waals surface area contributed by atoms with Crippen LogP contribution in [0.5, 0.6) is 17.2 Å². The Hall–Kier alpha value is -3.86. The molecular formula is C29H37N5O6. The number of hydrogen-bond acceptors (Lipinski definition) is 9. The fourth-order valence-electron chi connectivity index (χ4n) is 5.16. The largest absolute Gasteiger partial charge is 0.497 e. The van der Waals surface area contributed by atoms with Crippen molar-refractivity contribution < 1.29 is 23.7 Å². The molecule has 2 aromatic heterocycles. The number of amides is 1. The third-order valence-corrected chi connectivity index (χ3v) is 7.08. The van der Waals surface area contributed by atoms with E-state index >= 15 is 0 Å². The zero-order valence-corrected chi connectivity index (χ0v) is 23.5. The smallest absolute Gasteiger partial charge is 0.407 e. The number of piperidine rings is 1. The van der Waals surface area contributed by atoms with Crippen molar-refractivity contribution in [1.29, 1.82) is 0 Å². The van der Waals surface area contributed by atoms with E-state index in [9.17, 15) is 9.59 Å². The maximum atomic E-state index is 12.8. The van der Waals surface area contributed by atoms with E-state index in [-0.39, 0.29) is 23.2 Å². The van der Waals surface area contributed by atoms with Gasteiger partial charge in [0, 0.05) is 61.8 Å². The van der Waals surface area contributed by atoms with E-state index in [0.29, 0.717) is 86.0 Å². The molecule has 2 aliphatic heterocycles. The maximum Gasteiger partial charge on any atom is 0.407 e. The number of H-pyrrole nitrogens is 1. The molecule has 0 spiro atoms. The highest BCUT2D eigenvalue weighted by Gasteiger charge is 2.32. The van der Waals surface area contributed by atoms with Crippen LogP contribution in [0, 0.1) is 0 Å². The van der Waals surface area contributed by atoms with Crippen LogP contribution in [-0.4, -0.2) is 77.0 Å². The normalized spacial score (nSPS) is 19.3. The number of carbonyl (C=O) groups excluding carboxylic acids is 1. The van der Waals surface area contributed by atoms with Crippen LogP contribution in [0.3, 0.4) is 0 Å². The van der Waals surface area contributed by atoms with E-state index in [1.807, 2.05) is 39.0 Å². The summed E-state index contributed by atoms with van der Waals surface area (Å²) in [6, 6.07) is 7.40. The SMILES string of the molecule is COc1ccc2nc(CCN3CCC(OC(=O)NC(C)(C)C)CC3Cc3cc4c(cn3)OCCO4)c(=O)[nH]c2c1. The predicted octanol–water partition coefficient (Wildman–Crippen LogP) is 3.24. The Morgan fingerprint density at radius 3 is 2.77 bits per heavy atom. The number of nitrogens with one attached hydrogen (secondary N) is 2. The molecule has 11 nitrogen and oxygen atoms in total. The lowest BCUT2D eigenvalue weighted by Gasteiger charge is -2.39. The first-order valence-electron chi connectivity index (χ1n) is 13.7. The Kier molecular flexibility index (Phi) is 8.11. The Bertz CT molecular complexity index is 1420. The second-order valence-corrected chi connectivity index (χ2v) is 11.3. The van der Waals surface area contributed by atoms with Crippen LogP contribution in [0.4, 0.5) is 4.79 Å². The highest BCUT2D eigenvalue weighted by atomic mass is 16.6. The van der Waals surface area contributed by atoms with Gasteiger partial charge in [-0.25, -0.2) is 9.78 Å². The number of benzene rings is 1. The van der Waals surface area contributed by atoms with Gasteiger partial charge in [-0.1, -0.05) is 0 Å². The minimum atomic E-state index is -0.411. The van der Waals surface area contributed by atoms with E-state index in [4.69, 9.17) is 18.9 Å². The molecule has 214 valence electrons. The highest BCUT2D eigenvalue weighted by molar-refractivity contribution is 5.75. The van der Waals surface area contributed by atoms with Crippen molar-refractivity contribution in [2.24, 2.45) is 0 Å². The molecule has 5 rings (SSSR count). The van der Waals surface area contributed by atoms with Crippen molar-refractivity contribution in [2.45, 2.75) is 64.1 Å². The number of hydrogen-bond donors (Lipinski definition) is 2. The van der Waals surface area contributed by atoms with E-state index in [0.717, 1.165) is 5.69 Å². The van der Waals surface area contributed by atoms with E-state index in [1.54, 1.807) is 19.4 Å². The fourth-order valence-corrected chi connectivity index (χ4v) is 5.16. The lowest BCUT2D eigenvalue weighted by Crippen LogP contribution is -2.49. The van der Waals surface area contributed by atoms with Crippen LogP contribution in [0.15, 0.2) is 35.3 Å². The first-order chi connectivity index (χ1) is 19.2. The highest BCUT2D eigenvalue weighted by Crippen LogP contribution is 2.31. The summed E-state index contributed by atoms with van der Waals surface area (Å²) in [5.41, 5.74) is 2.12. The Labute approximate surface area is 233 Å². The molecule has 0 aliphatic carbocycles. The molecule has 0 bridgehead atoms. The van der Waals surface area contributed by atoms with E-state index in [1.165, 1.54) is 0 Å². The van der Waals surface area contributed by atoms with Gasteiger partial charge in [0.1, 0.15) is 30.8 Å². The topological polar surface area (TPSA) is 128 Å². The summed E-state index contributed by atoms with van der Waals surface area (Å²) < 4.78 is 22.4. The van der Waals surface area contributed by atoms with Gasteiger partial charge in [-0.15, -0.1) is 0 Å². The monoisotopic (exact) mass is 551 g/mol. The first kappa shape index (κ1) is 27.7. The van der Waals surface area contributed by atoms with Gasteiger partial charge in [0.25, 0.3) is 5.56 Å². The molecule has 1 aromatic carbocycles. The van der Waals surface area contributed by atoms with E-state index in [2.05, 4.69) is 25.2 Å². The number of rotatable bonds is 7. The molecule has 2 atom stereocenters. The van der Waals surface area contributed by atoms with Crippen LogP contribution >= 0.6 is 0 Å². The van der Waals surface area contributed by atoms with Crippen LogP contribution in [0.1, 0.15) is 45.0 Å². The molecule has 11 heteroatoms. The second-order valence-electron chi connectivity index (χ2n) is 11.3. The van der Waals surface area contributed by atoms with Crippen molar-refractivity contribution in [2.75, 3.05) is 33.4 Å². The number of pyridine rings is 1. The van der Waals surface area contributed by atoms with Crippen LogP contribution in [0.25, 0.3) is 11.0 Å². The molecule has 2 unspecified atom stereocenters. The van der Waals surface area contributed by atoms with Gasteiger partial charge in [0.05, 0.1) is 24.3 Å². The maximum absolute atomic E-state index is 12.8. The predicted molar refractivity (Wildman–Crippen MR) is 149 cm³/mol. The third-order valence-electron chi connectivity index (χ3n) is 7.08. The Morgan fingerprint density at radius 2 is 2.00 bits per heavy atom. The van der Waals surface area contributed by atoms with E-state index < -0.39 is 6.09 Å². The van der Waals surface area contributed by atoms with Gasteiger partial charge in [0.2, 0.25) is 0 Å². The van der Waals surface area contributed by atoms with Crippen molar-refractivity contribution in [3.63, 3.8) is 0 Å². The molecule has 0 radical (unpaired) electrons. The Balaban J connectivity index is 1.31. The zero-order chi connectivity index (χ0) is 28.3. The molecular weight excluding hydrogens is 514 g/mol. The number of likely N-dealkylation sites (tertiary alicyclic amines) is 1. The summed E-state index contributed by atoms with van der Waals surface area (Å²) in [7, 11) is 1.59. The average molecular weight is 552 g/mol. The summed E-state index contributed by atoms with van der Waals surface area (Å²) in [4.78, 5) is 39.8. The lowest BCUT2D eigenvalue weighted by molar-refractivity contribution is 0.0205. The molecule has 2 aliphatic rings. The van der Waals surface area contributed by atoms with Crippen molar-refractivity contribution >= 4 is 17.1 Å². The lowest BCUT2D eigenvalue weighted by atomic mass is 9.94. The number of methoxy groups -OCH3 is 1. The summed E-state index contributed by atoms with van der Waals surface area (Å²) in [6.07, 6.45) is 3.54. The van der Waals surface area contributed by atoms with Gasteiger partial charge in [-0.2, -0.15) is 0 Å². The number of carbonyl (C=O) groups is 1. The summed E-state index contributed by atoms with van der Waals surface area (Å²) >= 11 is 0. The molecule has 0 saturated carbocycles. The average Bonchev–Trinajstić information content (AvgIpc) is 2.91. The second kappa shape index (κ2) is 11.7.